The third kappa shape index (κ3) is 3.22. The molecule has 4 rings (SSSR count). The van der Waals surface area contributed by atoms with Gasteiger partial charge in [-0.2, -0.15) is 0 Å². The Kier molecular flexibility index (Phi) is 4.84. The number of amides is 1. The van der Waals surface area contributed by atoms with Crippen molar-refractivity contribution < 1.29 is 14.3 Å². The number of hydrogen-bond donors (Lipinski definition) is 0. The highest BCUT2D eigenvalue weighted by Gasteiger charge is 2.39. The van der Waals surface area contributed by atoms with E-state index in [1.54, 1.807) is 0 Å². The topological polar surface area (TPSA) is 42.0 Å². The van der Waals surface area contributed by atoms with Crippen LogP contribution in [0.4, 0.5) is 0 Å². The van der Waals surface area contributed by atoms with Crippen LogP contribution in [0.2, 0.25) is 0 Å². The van der Waals surface area contributed by atoms with Gasteiger partial charge in [-0.3, -0.25) is 9.69 Å². The van der Waals surface area contributed by atoms with Crippen molar-refractivity contribution in [2.45, 2.75) is 51.1 Å². The number of fused-ring (bicyclic) bond motifs is 1. The van der Waals surface area contributed by atoms with E-state index in [9.17, 15) is 4.79 Å². The van der Waals surface area contributed by atoms with Crippen LogP contribution in [-0.4, -0.2) is 60.6 Å². The van der Waals surface area contributed by atoms with Gasteiger partial charge in [-0.1, -0.05) is 6.92 Å². The van der Waals surface area contributed by atoms with Crippen LogP contribution in [0.15, 0.2) is 18.2 Å². The van der Waals surface area contributed by atoms with E-state index < -0.39 is 0 Å². The largest absolute Gasteiger partial charge is 0.490 e. The average Bonchev–Trinajstić information content (AvgIpc) is 3.24. The van der Waals surface area contributed by atoms with E-state index in [1.807, 2.05) is 18.2 Å². The molecule has 2 atom stereocenters. The third-order valence-electron chi connectivity index (χ3n) is 5.82. The number of benzene rings is 1. The molecular weight excluding hydrogens is 316 g/mol. The van der Waals surface area contributed by atoms with E-state index in [1.165, 1.54) is 19.4 Å². The molecule has 0 radical (unpaired) electrons. The fraction of sp³-hybridized carbons (Fsp3) is 0.650. The lowest BCUT2D eigenvalue weighted by Gasteiger charge is -2.34. The smallest absolute Gasteiger partial charge is 0.254 e. The maximum absolute atomic E-state index is 13.2. The highest BCUT2D eigenvalue weighted by molar-refractivity contribution is 5.95. The van der Waals surface area contributed by atoms with Crippen molar-refractivity contribution >= 4 is 5.91 Å². The summed E-state index contributed by atoms with van der Waals surface area (Å²) in [7, 11) is 0. The van der Waals surface area contributed by atoms with E-state index in [4.69, 9.17) is 9.47 Å². The second-order valence-electron chi connectivity index (χ2n) is 7.26. The Labute approximate surface area is 149 Å². The monoisotopic (exact) mass is 344 g/mol. The van der Waals surface area contributed by atoms with Gasteiger partial charge in [0.2, 0.25) is 0 Å². The van der Waals surface area contributed by atoms with Crippen LogP contribution in [0, 0.1) is 0 Å². The fourth-order valence-corrected chi connectivity index (χ4v) is 4.59. The second-order valence-corrected chi connectivity index (χ2v) is 7.26. The van der Waals surface area contributed by atoms with Gasteiger partial charge in [0, 0.05) is 30.6 Å². The number of ether oxygens (including phenoxy) is 2. The summed E-state index contributed by atoms with van der Waals surface area (Å²) in [4.78, 5) is 17.8. The van der Waals surface area contributed by atoms with Gasteiger partial charge in [-0.25, -0.2) is 0 Å². The number of likely N-dealkylation sites (N-methyl/N-ethyl adjacent to an activating group) is 1. The van der Waals surface area contributed by atoms with Gasteiger partial charge in [0.15, 0.2) is 11.5 Å². The Morgan fingerprint density at radius 2 is 1.80 bits per heavy atom. The third-order valence-corrected chi connectivity index (χ3v) is 5.82. The lowest BCUT2D eigenvalue weighted by Crippen LogP contribution is -2.48. The van der Waals surface area contributed by atoms with Crippen LogP contribution in [0.5, 0.6) is 11.5 Å². The molecule has 0 spiro atoms. The highest BCUT2D eigenvalue weighted by Crippen LogP contribution is 2.34. The molecule has 5 heteroatoms. The fourth-order valence-electron chi connectivity index (χ4n) is 4.59. The Morgan fingerprint density at radius 3 is 2.64 bits per heavy atom. The van der Waals surface area contributed by atoms with Crippen molar-refractivity contribution in [2.75, 3.05) is 32.8 Å². The number of nitrogens with zero attached hydrogens (tertiary/aromatic N) is 2. The van der Waals surface area contributed by atoms with Crippen molar-refractivity contribution in [2.24, 2.45) is 0 Å². The maximum Gasteiger partial charge on any atom is 0.254 e. The van der Waals surface area contributed by atoms with Crippen LogP contribution in [-0.2, 0) is 0 Å². The molecule has 2 saturated heterocycles. The summed E-state index contributed by atoms with van der Waals surface area (Å²) in [5.41, 5.74) is 0.720. The van der Waals surface area contributed by atoms with Gasteiger partial charge in [0.05, 0.1) is 13.2 Å². The summed E-state index contributed by atoms with van der Waals surface area (Å²) in [6.07, 6.45) is 5.57. The second kappa shape index (κ2) is 7.24. The first-order chi connectivity index (χ1) is 12.3. The molecule has 136 valence electrons. The average molecular weight is 344 g/mol. The number of carbonyl (C=O) groups excluding carboxylic acids is 1. The van der Waals surface area contributed by atoms with Crippen molar-refractivity contribution in [3.63, 3.8) is 0 Å². The lowest BCUT2D eigenvalue weighted by atomic mass is 10.0. The zero-order valence-corrected chi connectivity index (χ0v) is 15.1. The van der Waals surface area contributed by atoms with Crippen molar-refractivity contribution in [1.29, 1.82) is 0 Å². The summed E-state index contributed by atoms with van der Waals surface area (Å²) >= 11 is 0. The molecule has 0 N–H and O–H groups in total. The van der Waals surface area contributed by atoms with Crippen molar-refractivity contribution in [1.82, 2.24) is 9.80 Å². The quantitative estimate of drug-likeness (QED) is 0.845. The molecule has 0 saturated carbocycles. The Bertz CT molecular complexity index is 633. The molecule has 1 amide bonds. The van der Waals surface area contributed by atoms with Crippen molar-refractivity contribution in [3.05, 3.63) is 23.8 Å². The van der Waals surface area contributed by atoms with Gasteiger partial charge < -0.3 is 14.4 Å². The summed E-state index contributed by atoms with van der Waals surface area (Å²) in [6.45, 7) is 6.65. The van der Waals surface area contributed by atoms with Crippen molar-refractivity contribution in [3.8, 4) is 11.5 Å². The zero-order valence-electron chi connectivity index (χ0n) is 15.1. The molecule has 3 heterocycles. The molecule has 0 bridgehead atoms. The van der Waals surface area contributed by atoms with Crippen LogP contribution in [0.1, 0.15) is 49.4 Å². The first-order valence-corrected chi connectivity index (χ1v) is 9.72. The van der Waals surface area contributed by atoms with Gasteiger partial charge in [0.25, 0.3) is 5.91 Å². The Hall–Kier alpha value is -1.75. The first kappa shape index (κ1) is 16.7. The molecule has 0 aromatic heterocycles. The van der Waals surface area contributed by atoms with Gasteiger partial charge in [-0.15, -0.1) is 0 Å². The van der Waals surface area contributed by atoms with E-state index >= 15 is 0 Å². The molecule has 2 fully saturated rings. The standard InChI is InChI=1S/C20H28N2O3/c1-2-21-10-3-6-16(21)17-7-4-11-22(17)20(23)15-8-9-18-19(14-15)25-13-5-12-24-18/h8-9,14,16-17H,2-7,10-13H2,1H3/t16-,17+/m0/s1. The Morgan fingerprint density at radius 1 is 1.04 bits per heavy atom. The number of likely N-dealkylation sites (tertiary alicyclic amines) is 2. The SMILES string of the molecule is CCN1CCC[C@H]1[C@H]1CCCN1C(=O)c1ccc2c(c1)OCCCO2. The number of carbonyl (C=O) groups is 1. The van der Waals surface area contributed by atoms with Gasteiger partial charge in [-0.05, 0) is 57.0 Å². The minimum absolute atomic E-state index is 0.140. The normalized spacial score (nSPS) is 26.7. The molecule has 3 aliphatic heterocycles. The molecule has 1 aromatic rings. The molecule has 25 heavy (non-hydrogen) atoms. The lowest BCUT2D eigenvalue weighted by molar-refractivity contribution is 0.0649. The summed E-state index contributed by atoms with van der Waals surface area (Å²) in [6, 6.07) is 6.51. The van der Waals surface area contributed by atoms with Crippen LogP contribution in [0.3, 0.4) is 0 Å². The molecule has 5 nitrogen and oxygen atoms in total. The van der Waals surface area contributed by atoms with Crippen LogP contribution < -0.4 is 9.47 Å². The predicted molar refractivity (Wildman–Crippen MR) is 96.4 cm³/mol. The van der Waals surface area contributed by atoms with E-state index in [0.717, 1.165) is 43.7 Å². The van der Waals surface area contributed by atoms with Gasteiger partial charge >= 0.3 is 0 Å². The molecular formula is C20H28N2O3. The summed E-state index contributed by atoms with van der Waals surface area (Å²) < 4.78 is 11.4. The number of rotatable bonds is 3. The minimum atomic E-state index is 0.140. The van der Waals surface area contributed by atoms with E-state index in [2.05, 4.69) is 16.7 Å². The van der Waals surface area contributed by atoms with E-state index in [-0.39, 0.29) is 5.91 Å². The van der Waals surface area contributed by atoms with E-state index in [0.29, 0.717) is 31.0 Å². The van der Waals surface area contributed by atoms with Gasteiger partial charge in [0.1, 0.15) is 0 Å². The summed E-state index contributed by atoms with van der Waals surface area (Å²) in [5.74, 6) is 1.59. The predicted octanol–water partition coefficient (Wildman–Crippen LogP) is 2.94. The summed E-state index contributed by atoms with van der Waals surface area (Å²) in [5, 5.41) is 0. The minimum Gasteiger partial charge on any atom is -0.490 e. The zero-order chi connectivity index (χ0) is 17.2. The molecule has 1 aromatic carbocycles. The highest BCUT2D eigenvalue weighted by atomic mass is 16.5. The molecule has 0 unspecified atom stereocenters. The van der Waals surface area contributed by atoms with Crippen LogP contribution in [0.25, 0.3) is 0 Å². The Balaban J connectivity index is 1.54. The van der Waals surface area contributed by atoms with Crippen LogP contribution >= 0.6 is 0 Å². The molecule has 3 aliphatic rings. The first-order valence-electron chi connectivity index (χ1n) is 9.72. The molecule has 0 aliphatic carbocycles. The maximum atomic E-state index is 13.2. The number of hydrogen-bond acceptors (Lipinski definition) is 4.